The molecule has 0 aliphatic carbocycles. The summed E-state index contributed by atoms with van der Waals surface area (Å²) in [4.78, 5) is 14.9. The zero-order valence-corrected chi connectivity index (χ0v) is 7.08. The molecule has 0 atom stereocenters. The lowest BCUT2D eigenvalue weighted by Gasteiger charge is -1.99. The molecular weight excluding hydrogens is 154 g/mol. The van der Waals surface area contributed by atoms with Crippen LogP contribution in [0.2, 0.25) is 0 Å². The lowest BCUT2D eigenvalue weighted by atomic mass is 10.3. The van der Waals surface area contributed by atoms with E-state index in [0.717, 1.165) is 0 Å². The van der Waals surface area contributed by atoms with Gasteiger partial charge in [-0.1, -0.05) is 0 Å². The van der Waals surface area contributed by atoms with E-state index in [1.807, 2.05) is 6.92 Å². The summed E-state index contributed by atoms with van der Waals surface area (Å²) in [7, 11) is 0. The average Bonchev–Trinajstić information content (AvgIpc) is 2.07. The molecule has 1 heterocycles. The summed E-state index contributed by atoms with van der Waals surface area (Å²) in [5.41, 5.74) is 0.606. The van der Waals surface area contributed by atoms with Crippen LogP contribution in [0, 0.1) is 0 Å². The van der Waals surface area contributed by atoms with Crippen molar-refractivity contribution in [3.63, 3.8) is 0 Å². The molecule has 0 fully saturated rings. The number of hydrogen-bond donors (Lipinski definition) is 2. The molecule has 0 saturated heterocycles. The Bertz CT molecular complexity index is 235. The molecule has 1 aromatic heterocycles. The van der Waals surface area contributed by atoms with Gasteiger partial charge in [0.2, 0.25) is 0 Å². The molecule has 66 valence electrons. The maximum Gasteiger partial charge on any atom is 0.252 e. The third kappa shape index (κ3) is 2.67. The molecule has 4 nitrogen and oxygen atoms in total. The van der Waals surface area contributed by atoms with Crippen LogP contribution in [0.15, 0.2) is 24.5 Å². The van der Waals surface area contributed by atoms with Gasteiger partial charge in [0.05, 0.1) is 5.56 Å². The van der Waals surface area contributed by atoms with Gasteiger partial charge in [0, 0.05) is 18.9 Å². The van der Waals surface area contributed by atoms with E-state index < -0.39 is 0 Å². The van der Waals surface area contributed by atoms with Crippen molar-refractivity contribution < 1.29 is 4.79 Å². The molecule has 4 N–H and O–H groups in total. The van der Waals surface area contributed by atoms with Gasteiger partial charge in [0.25, 0.3) is 5.91 Å². The Morgan fingerprint density at radius 3 is 2.92 bits per heavy atom. The van der Waals surface area contributed by atoms with Crippen molar-refractivity contribution in [3.05, 3.63) is 30.1 Å². The maximum atomic E-state index is 11.1. The van der Waals surface area contributed by atoms with Gasteiger partial charge in [-0.15, -0.1) is 0 Å². The van der Waals surface area contributed by atoms with E-state index in [9.17, 15) is 4.79 Å². The molecule has 0 aliphatic heterocycles. The first-order chi connectivity index (χ1) is 5.34. The molecule has 1 aromatic rings. The average molecular weight is 167 g/mol. The van der Waals surface area contributed by atoms with Crippen molar-refractivity contribution in [3.8, 4) is 0 Å². The predicted molar refractivity (Wildman–Crippen MR) is 47.3 cm³/mol. The molecule has 0 radical (unpaired) electrons. The standard InChI is InChI=1S/C8H10N2O.H3N/c1-2-10-8(11)7-4-3-5-9-6-7;/h3-6H,2H2,1H3,(H,10,11);1H3. The van der Waals surface area contributed by atoms with Crippen LogP contribution < -0.4 is 11.5 Å². The Hall–Kier alpha value is -1.42. The van der Waals surface area contributed by atoms with E-state index in [1.54, 1.807) is 24.5 Å². The van der Waals surface area contributed by atoms with Crippen LogP contribution in [-0.2, 0) is 0 Å². The number of carbonyl (C=O) groups excluding carboxylic acids is 1. The second kappa shape index (κ2) is 5.26. The quantitative estimate of drug-likeness (QED) is 0.689. The van der Waals surface area contributed by atoms with Gasteiger partial charge in [-0.2, -0.15) is 0 Å². The van der Waals surface area contributed by atoms with Gasteiger partial charge in [-0.25, -0.2) is 0 Å². The van der Waals surface area contributed by atoms with Crippen LogP contribution in [0.4, 0.5) is 0 Å². The van der Waals surface area contributed by atoms with E-state index in [1.165, 1.54) is 0 Å². The normalized spacial score (nSPS) is 8.42. The lowest BCUT2D eigenvalue weighted by Crippen LogP contribution is -2.22. The van der Waals surface area contributed by atoms with Crippen molar-refractivity contribution in [2.45, 2.75) is 6.92 Å². The minimum absolute atomic E-state index is 0. The highest BCUT2D eigenvalue weighted by Gasteiger charge is 2.00. The highest BCUT2D eigenvalue weighted by Crippen LogP contribution is 1.93. The van der Waals surface area contributed by atoms with E-state index in [0.29, 0.717) is 12.1 Å². The summed E-state index contributed by atoms with van der Waals surface area (Å²) in [6.07, 6.45) is 3.19. The minimum Gasteiger partial charge on any atom is -0.352 e. The van der Waals surface area contributed by atoms with Crippen molar-refractivity contribution in [1.29, 1.82) is 0 Å². The van der Waals surface area contributed by atoms with Crippen molar-refractivity contribution in [1.82, 2.24) is 16.5 Å². The summed E-state index contributed by atoms with van der Waals surface area (Å²) in [5.74, 6) is -0.0689. The SMILES string of the molecule is CCNC(=O)c1cccnc1.N. The van der Waals surface area contributed by atoms with Crippen molar-refractivity contribution in [2.75, 3.05) is 6.54 Å². The first-order valence-corrected chi connectivity index (χ1v) is 3.53. The van der Waals surface area contributed by atoms with E-state index in [-0.39, 0.29) is 12.1 Å². The molecule has 1 amide bonds. The molecule has 0 unspecified atom stereocenters. The Morgan fingerprint density at radius 1 is 1.67 bits per heavy atom. The number of amides is 1. The fraction of sp³-hybridized carbons (Fsp3) is 0.250. The van der Waals surface area contributed by atoms with Gasteiger partial charge in [0.1, 0.15) is 0 Å². The number of pyridine rings is 1. The van der Waals surface area contributed by atoms with E-state index >= 15 is 0 Å². The predicted octanol–water partition coefficient (Wildman–Crippen LogP) is 0.993. The molecule has 0 bridgehead atoms. The van der Waals surface area contributed by atoms with Gasteiger partial charge in [-0.3, -0.25) is 9.78 Å². The summed E-state index contributed by atoms with van der Waals surface area (Å²) in [6, 6.07) is 3.47. The topological polar surface area (TPSA) is 77.0 Å². The van der Waals surface area contributed by atoms with E-state index in [2.05, 4.69) is 10.3 Å². The Labute approximate surface area is 71.6 Å². The van der Waals surface area contributed by atoms with Crippen LogP contribution in [-0.4, -0.2) is 17.4 Å². The lowest BCUT2D eigenvalue weighted by molar-refractivity contribution is 0.0955. The van der Waals surface area contributed by atoms with Crippen molar-refractivity contribution >= 4 is 5.91 Å². The smallest absolute Gasteiger partial charge is 0.252 e. The van der Waals surface area contributed by atoms with E-state index in [4.69, 9.17) is 0 Å². The largest absolute Gasteiger partial charge is 0.352 e. The monoisotopic (exact) mass is 167 g/mol. The van der Waals surface area contributed by atoms with Crippen LogP contribution >= 0.6 is 0 Å². The fourth-order valence-corrected chi connectivity index (χ4v) is 0.760. The second-order valence-corrected chi connectivity index (χ2v) is 2.10. The maximum absolute atomic E-state index is 11.1. The molecule has 0 aromatic carbocycles. The van der Waals surface area contributed by atoms with Gasteiger partial charge >= 0.3 is 0 Å². The minimum atomic E-state index is -0.0689. The summed E-state index contributed by atoms with van der Waals surface area (Å²) < 4.78 is 0. The number of nitrogens with zero attached hydrogens (tertiary/aromatic N) is 1. The summed E-state index contributed by atoms with van der Waals surface area (Å²) in [5, 5.41) is 2.68. The van der Waals surface area contributed by atoms with Crippen LogP contribution in [0.1, 0.15) is 17.3 Å². The number of hydrogen-bond acceptors (Lipinski definition) is 3. The molecular formula is C8H13N3O. The number of carbonyl (C=O) groups is 1. The van der Waals surface area contributed by atoms with Crippen molar-refractivity contribution in [2.24, 2.45) is 0 Å². The number of rotatable bonds is 2. The molecule has 4 heteroatoms. The fourth-order valence-electron chi connectivity index (χ4n) is 0.760. The molecule has 12 heavy (non-hydrogen) atoms. The van der Waals surface area contributed by atoms with Gasteiger partial charge in [-0.05, 0) is 19.1 Å². The zero-order valence-electron chi connectivity index (χ0n) is 7.08. The second-order valence-electron chi connectivity index (χ2n) is 2.10. The third-order valence-electron chi connectivity index (χ3n) is 1.26. The summed E-state index contributed by atoms with van der Waals surface area (Å²) in [6.45, 7) is 2.53. The summed E-state index contributed by atoms with van der Waals surface area (Å²) >= 11 is 0. The Kier molecular flexibility index (Phi) is 4.64. The van der Waals surface area contributed by atoms with Crippen LogP contribution in [0.3, 0.4) is 0 Å². The highest BCUT2D eigenvalue weighted by atomic mass is 16.1. The zero-order chi connectivity index (χ0) is 8.10. The van der Waals surface area contributed by atoms with Gasteiger partial charge < -0.3 is 11.5 Å². The highest BCUT2D eigenvalue weighted by molar-refractivity contribution is 5.93. The Morgan fingerprint density at radius 2 is 2.42 bits per heavy atom. The first-order valence-electron chi connectivity index (χ1n) is 3.53. The molecule has 0 saturated carbocycles. The first kappa shape index (κ1) is 10.6. The van der Waals surface area contributed by atoms with Crippen LogP contribution in [0.25, 0.3) is 0 Å². The Balaban J connectivity index is 0.00000121. The molecule has 1 rings (SSSR count). The number of nitrogens with one attached hydrogen (secondary N) is 1. The van der Waals surface area contributed by atoms with Crippen LogP contribution in [0.5, 0.6) is 0 Å². The molecule has 0 spiro atoms. The third-order valence-corrected chi connectivity index (χ3v) is 1.26. The number of aromatic nitrogens is 1. The van der Waals surface area contributed by atoms with Gasteiger partial charge in [0.15, 0.2) is 0 Å². The molecule has 0 aliphatic rings.